The number of hydrogen-bond donors (Lipinski definition) is 2. The van der Waals surface area contributed by atoms with Crippen molar-refractivity contribution in [1.29, 1.82) is 0 Å². The number of aromatic nitrogens is 2. The molecule has 3 aromatic carbocycles. The van der Waals surface area contributed by atoms with Crippen molar-refractivity contribution in [2.45, 2.75) is 39.2 Å². The summed E-state index contributed by atoms with van der Waals surface area (Å²) in [4.78, 5) is 35.3. The lowest BCUT2D eigenvalue weighted by Crippen LogP contribution is -2.30. The maximum Gasteiger partial charge on any atom is 0.302 e. The molecule has 0 bridgehead atoms. The molecule has 1 unspecified atom stereocenters. The summed E-state index contributed by atoms with van der Waals surface area (Å²) in [6, 6.07) is 13.1. The SMILES string of the molecule is COc1cccc(C2/C(=C(\O)c3cc(C(C)(C)C)ccc3C)C(=O)C(=O)N2c2nc3cc(F)c(F)cc3[nH]2)c1. The third-order valence-corrected chi connectivity index (χ3v) is 6.95. The number of ketones is 1. The zero-order valence-electron chi connectivity index (χ0n) is 22.1. The fraction of sp³-hybridized carbons (Fsp3) is 0.233. The topological polar surface area (TPSA) is 95.5 Å². The van der Waals surface area contributed by atoms with E-state index in [4.69, 9.17) is 4.74 Å². The Labute approximate surface area is 223 Å². The van der Waals surface area contributed by atoms with Gasteiger partial charge >= 0.3 is 5.91 Å². The van der Waals surface area contributed by atoms with Crippen molar-refractivity contribution in [3.05, 3.63) is 94.1 Å². The fourth-order valence-corrected chi connectivity index (χ4v) is 4.77. The Morgan fingerprint density at radius 2 is 1.77 bits per heavy atom. The lowest BCUT2D eigenvalue weighted by atomic mass is 9.84. The van der Waals surface area contributed by atoms with Crippen LogP contribution in [-0.4, -0.2) is 33.9 Å². The predicted molar refractivity (Wildman–Crippen MR) is 144 cm³/mol. The van der Waals surface area contributed by atoms with E-state index in [1.807, 2.05) is 39.0 Å². The number of hydrogen-bond acceptors (Lipinski definition) is 5. The van der Waals surface area contributed by atoms with Crippen LogP contribution in [0.1, 0.15) is 49.1 Å². The van der Waals surface area contributed by atoms with Gasteiger partial charge in [-0.25, -0.2) is 13.8 Å². The molecular formula is C30H27F2N3O4. The maximum atomic E-state index is 13.9. The molecule has 0 saturated carbocycles. The summed E-state index contributed by atoms with van der Waals surface area (Å²) in [6.07, 6.45) is 0. The van der Waals surface area contributed by atoms with Gasteiger partial charge in [0.05, 0.1) is 29.8 Å². The van der Waals surface area contributed by atoms with Gasteiger partial charge in [0.2, 0.25) is 5.95 Å². The Morgan fingerprint density at radius 3 is 2.46 bits per heavy atom. The van der Waals surface area contributed by atoms with E-state index >= 15 is 0 Å². The summed E-state index contributed by atoms with van der Waals surface area (Å²) in [5.41, 5.74) is 2.38. The molecular weight excluding hydrogens is 504 g/mol. The molecule has 39 heavy (non-hydrogen) atoms. The highest BCUT2D eigenvalue weighted by molar-refractivity contribution is 6.51. The third kappa shape index (κ3) is 4.43. The Morgan fingerprint density at radius 1 is 1.05 bits per heavy atom. The van der Waals surface area contributed by atoms with E-state index in [1.54, 1.807) is 31.2 Å². The van der Waals surface area contributed by atoms with Crippen molar-refractivity contribution >= 4 is 34.4 Å². The van der Waals surface area contributed by atoms with Gasteiger partial charge in [-0.05, 0) is 47.2 Å². The molecule has 200 valence electrons. The molecule has 2 N–H and O–H groups in total. The molecule has 5 rings (SSSR count). The fourth-order valence-electron chi connectivity index (χ4n) is 4.77. The summed E-state index contributed by atoms with van der Waals surface area (Å²) in [6.45, 7) is 7.90. The second-order valence-electron chi connectivity index (χ2n) is 10.6. The molecule has 1 saturated heterocycles. The number of fused-ring (bicyclic) bond motifs is 1. The minimum Gasteiger partial charge on any atom is -0.507 e. The molecule has 1 atom stereocenters. The Balaban J connectivity index is 1.77. The number of benzene rings is 3. The number of halogens is 2. The molecule has 1 fully saturated rings. The third-order valence-electron chi connectivity index (χ3n) is 6.95. The normalized spacial score (nSPS) is 17.3. The molecule has 1 amide bonds. The first-order chi connectivity index (χ1) is 18.4. The Kier molecular flexibility index (Phi) is 6.25. The first-order valence-electron chi connectivity index (χ1n) is 12.3. The molecule has 1 aliphatic rings. The number of carbonyl (C=O) groups is 2. The van der Waals surface area contributed by atoms with E-state index in [0.29, 0.717) is 22.4 Å². The van der Waals surface area contributed by atoms with Crippen LogP contribution in [0.25, 0.3) is 16.8 Å². The van der Waals surface area contributed by atoms with Gasteiger partial charge < -0.3 is 14.8 Å². The number of imidazole rings is 1. The summed E-state index contributed by atoms with van der Waals surface area (Å²) in [5.74, 6) is -4.01. The quantitative estimate of drug-likeness (QED) is 0.189. The van der Waals surface area contributed by atoms with E-state index in [9.17, 15) is 23.5 Å². The van der Waals surface area contributed by atoms with Crippen molar-refractivity contribution < 1.29 is 28.2 Å². The number of methoxy groups -OCH3 is 1. The molecule has 1 aliphatic heterocycles. The minimum atomic E-state index is -1.10. The summed E-state index contributed by atoms with van der Waals surface area (Å²) >= 11 is 0. The van der Waals surface area contributed by atoms with Crippen molar-refractivity contribution in [2.75, 3.05) is 12.0 Å². The first-order valence-corrected chi connectivity index (χ1v) is 12.3. The number of H-pyrrole nitrogens is 1. The number of ether oxygens (including phenoxy) is 1. The average Bonchev–Trinajstić information content (AvgIpc) is 3.40. The van der Waals surface area contributed by atoms with Crippen LogP contribution >= 0.6 is 0 Å². The van der Waals surface area contributed by atoms with Gasteiger partial charge in [-0.15, -0.1) is 0 Å². The van der Waals surface area contributed by atoms with E-state index in [1.165, 1.54) is 7.11 Å². The van der Waals surface area contributed by atoms with Gasteiger partial charge in [0.15, 0.2) is 11.6 Å². The van der Waals surface area contributed by atoms with Crippen molar-refractivity contribution in [1.82, 2.24) is 9.97 Å². The predicted octanol–water partition coefficient (Wildman–Crippen LogP) is 6.08. The van der Waals surface area contributed by atoms with Gasteiger partial charge in [-0.3, -0.25) is 14.5 Å². The second-order valence-corrected chi connectivity index (χ2v) is 10.6. The number of aliphatic hydroxyl groups is 1. The van der Waals surface area contributed by atoms with Crippen molar-refractivity contribution in [3.63, 3.8) is 0 Å². The van der Waals surface area contributed by atoms with Gasteiger partial charge in [-0.1, -0.05) is 45.0 Å². The first kappa shape index (κ1) is 26.1. The number of anilines is 1. The van der Waals surface area contributed by atoms with E-state index in [2.05, 4.69) is 9.97 Å². The molecule has 2 heterocycles. The van der Waals surface area contributed by atoms with Crippen molar-refractivity contribution in [3.8, 4) is 5.75 Å². The summed E-state index contributed by atoms with van der Waals surface area (Å²) in [7, 11) is 1.49. The highest BCUT2D eigenvalue weighted by Crippen LogP contribution is 2.43. The van der Waals surface area contributed by atoms with Gasteiger partial charge in [-0.2, -0.15) is 0 Å². The number of nitrogens with zero attached hydrogens (tertiary/aromatic N) is 2. The van der Waals surface area contributed by atoms with Crippen LogP contribution in [0.5, 0.6) is 5.75 Å². The van der Waals surface area contributed by atoms with Crippen LogP contribution in [0, 0.1) is 18.6 Å². The number of aromatic amines is 1. The van der Waals surface area contributed by atoms with Gasteiger partial charge in [0, 0.05) is 17.7 Å². The molecule has 1 aromatic heterocycles. The van der Waals surface area contributed by atoms with Crippen LogP contribution in [0.2, 0.25) is 0 Å². The zero-order valence-corrected chi connectivity index (χ0v) is 22.1. The largest absolute Gasteiger partial charge is 0.507 e. The monoisotopic (exact) mass is 531 g/mol. The van der Waals surface area contributed by atoms with Crippen molar-refractivity contribution in [2.24, 2.45) is 0 Å². The zero-order chi connectivity index (χ0) is 28.2. The molecule has 0 radical (unpaired) electrons. The number of aliphatic hydroxyl groups excluding tert-OH is 1. The number of carbonyl (C=O) groups excluding carboxylic acids is 2. The smallest absolute Gasteiger partial charge is 0.302 e. The molecule has 9 heteroatoms. The second kappa shape index (κ2) is 9.34. The summed E-state index contributed by atoms with van der Waals surface area (Å²) in [5, 5.41) is 11.6. The van der Waals surface area contributed by atoms with Crippen LogP contribution in [0.4, 0.5) is 14.7 Å². The lowest BCUT2D eigenvalue weighted by Gasteiger charge is -2.24. The molecule has 7 nitrogen and oxygen atoms in total. The van der Waals surface area contributed by atoms with Crippen LogP contribution in [0.15, 0.2) is 60.2 Å². The van der Waals surface area contributed by atoms with Crippen LogP contribution in [0.3, 0.4) is 0 Å². The summed E-state index contributed by atoms with van der Waals surface area (Å²) < 4.78 is 33.2. The van der Waals surface area contributed by atoms with E-state index in [-0.39, 0.29) is 33.7 Å². The Hall–Kier alpha value is -4.53. The highest BCUT2D eigenvalue weighted by atomic mass is 19.2. The molecule has 0 spiro atoms. The number of aryl methyl sites for hydroxylation is 1. The minimum absolute atomic E-state index is 0.0731. The van der Waals surface area contributed by atoms with E-state index in [0.717, 1.165) is 22.6 Å². The van der Waals surface area contributed by atoms with Gasteiger partial charge in [0.25, 0.3) is 5.78 Å². The molecule has 0 aliphatic carbocycles. The number of nitrogens with one attached hydrogen (secondary N) is 1. The number of Topliss-reactive ketones (excluding diaryl/α,β-unsaturated/α-hetero) is 1. The highest BCUT2D eigenvalue weighted by Gasteiger charge is 2.48. The maximum absolute atomic E-state index is 13.9. The van der Waals surface area contributed by atoms with E-state index < -0.39 is 29.4 Å². The van der Waals surface area contributed by atoms with Gasteiger partial charge in [0.1, 0.15) is 11.5 Å². The standard InChI is InChI=1S/C30H27F2N3O4/c1-15-9-10-17(30(2,3)4)12-19(15)26(36)24-25(16-7-6-8-18(11-16)39-5)35(28(38)27(24)37)29-33-22-13-20(31)21(32)14-23(22)34-29/h6-14,25,36H,1-5H3,(H,33,34)/b26-24+. The van der Waals surface area contributed by atoms with Crippen LogP contribution in [-0.2, 0) is 15.0 Å². The Bertz CT molecular complexity index is 1640. The number of rotatable bonds is 4. The molecule has 4 aromatic rings. The lowest BCUT2D eigenvalue weighted by molar-refractivity contribution is -0.132. The number of amides is 1. The van der Waals surface area contributed by atoms with Crippen LogP contribution < -0.4 is 9.64 Å². The average molecular weight is 532 g/mol.